The van der Waals surface area contributed by atoms with E-state index in [9.17, 15) is 4.79 Å². The summed E-state index contributed by atoms with van der Waals surface area (Å²) in [4.78, 5) is 11.9. The van der Waals surface area contributed by atoms with Crippen molar-refractivity contribution in [3.05, 3.63) is 24.3 Å². The van der Waals surface area contributed by atoms with E-state index in [0.717, 1.165) is 18.5 Å². The van der Waals surface area contributed by atoms with Gasteiger partial charge in [0.25, 0.3) is 0 Å². The molecule has 0 radical (unpaired) electrons. The second kappa shape index (κ2) is 3.22. The minimum Gasteiger partial charge on any atom is -0.399 e. The Morgan fingerprint density at radius 3 is 2.44 bits per heavy atom. The van der Waals surface area contributed by atoms with Crippen LogP contribution in [0.5, 0.6) is 0 Å². The highest BCUT2D eigenvalue weighted by molar-refractivity contribution is 5.95. The fourth-order valence-corrected chi connectivity index (χ4v) is 2.43. The average molecular weight is 217 g/mol. The van der Waals surface area contributed by atoms with Gasteiger partial charge in [-0.25, -0.2) is 10.4 Å². The monoisotopic (exact) mass is 217 g/mol. The number of hydrogen-bond donors (Lipinski definition) is 2. The van der Waals surface area contributed by atoms with E-state index in [2.05, 4.69) is 5.43 Å². The topological polar surface area (TPSA) is 58.4 Å². The van der Waals surface area contributed by atoms with Crippen LogP contribution in [0.2, 0.25) is 0 Å². The third-order valence-electron chi connectivity index (χ3n) is 3.55. The molecule has 3 rings (SSSR count). The summed E-state index contributed by atoms with van der Waals surface area (Å²) in [5.41, 5.74) is 10.6. The van der Waals surface area contributed by atoms with Gasteiger partial charge in [-0.15, -0.1) is 0 Å². The predicted octanol–water partition coefficient (Wildman–Crippen LogP) is 1.43. The quantitative estimate of drug-likeness (QED) is 0.700. The predicted molar refractivity (Wildman–Crippen MR) is 62.7 cm³/mol. The summed E-state index contributed by atoms with van der Waals surface area (Å²) in [7, 11) is 0. The summed E-state index contributed by atoms with van der Waals surface area (Å²) in [5.74, 6) is 0.157. The van der Waals surface area contributed by atoms with Crippen molar-refractivity contribution in [2.75, 3.05) is 10.7 Å². The van der Waals surface area contributed by atoms with Gasteiger partial charge in [0.1, 0.15) is 0 Å². The molecular weight excluding hydrogens is 202 g/mol. The Morgan fingerprint density at radius 1 is 1.25 bits per heavy atom. The first kappa shape index (κ1) is 9.66. The minimum absolute atomic E-state index is 0.0540. The fraction of sp³-hybridized carbons (Fsp3) is 0.417. The molecule has 4 nitrogen and oxygen atoms in total. The standard InChI is InChI=1S/C12H15N3O/c13-9-2-4-10(5-3-9)15-11(16)8-12(14-15)6-1-7-12/h2-5,14H,1,6-8,13H2. The number of nitrogens with zero attached hydrogens (tertiary/aromatic N) is 1. The first-order chi connectivity index (χ1) is 7.69. The van der Waals surface area contributed by atoms with Crippen molar-refractivity contribution in [2.24, 2.45) is 0 Å². The molecule has 2 fully saturated rings. The lowest BCUT2D eigenvalue weighted by Crippen LogP contribution is -2.50. The van der Waals surface area contributed by atoms with Crippen molar-refractivity contribution in [3.8, 4) is 0 Å². The van der Waals surface area contributed by atoms with E-state index in [1.54, 1.807) is 5.01 Å². The molecule has 1 aromatic rings. The Balaban J connectivity index is 1.85. The molecule has 0 atom stereocenters. The van der Waals surface area contributed by atoms with Crippen LogP contribution in [0, 0.1) is 0 Å². The maximum atomic E-state index is 11.9. The van der Waals surface area contributed by atoms with Gasteiger partial charge in [-0.3, -0.25) is 4.79 Å². The summed E-state index contributed by atoms with van der Waals surface area (Å²) < 4.78 is 0. The third-order valence-corrected chi connectivity index (χ3v) is 3.55. The lowest BCUT2D eigenvalue weighted by Gasteiger charge is -2.37. The SMILES string of the molecule is Nc1ccc(N2NC3(CCC3)CC2=O)cc1. The van der Waals surface area contributed by atoms with Gasteiger partial charge in [0.05, 0.1) is 5.69 Å². The highest BCUT2D eigenvalue weighted by Gasteiger charge is 2.47. The van der Waals surface area contributed by atoms with Crippen molar-refractivity contribution < 1.29 is 4.79 Å². The maximum Gasteiger partial charge on any atom is 0.243 e. The number of nitrogens with two attached hydrogens (primary N) is 1. The summed E-state index contributed by atoms with van der Waals surface area (Å²) in [5, 5.41) is 1.67. The molecular formula is C12H15N3O. The van der Waals surface area contributed by atoms with Gasteiger partial charge in [-0.2, -0.15) is 0 Å². The molecule has 1 aromatic carbocycles. The van der Waals surface area contributed by atoms with Gasteiger partial charge in [0, 0.05) is 17.6 Å². The van der Waals surface area contributed by atoms with E-state index in [4.69, 9.17) is 5.73 Å². The zero-order valence-corrected chi connectivity index (χ0v) is 9.07. The molecule has 2 aliphatic rings. The lowest BCUT2D eigenvalue weighted by molar-refractivity contribution is -0.117. The van der Waals surface area contributed by atoms with Crippen LogP contribution in [0.15, 0.2) is 24.3 Å². The number of benzene rings is 1. The average Bonchev–Trinajstić information content (AvgIpc) is 2.57. The molecule has 1 heterocycles. The highest BCUT2D eigenvalue weighted by Crippen LogP contribution is 2.40. The van der Waals surface area contributed by atoms with Crippen molar-refractivity contribution in [1.82, 2.24) is 5.43 Å². The molecule has 84 valence electrons. The van der Waals surface area contributed by atoms with Crippen LogP contribution in [0.4, 0.5) is 11.4 Å². The van der Waals surface area contributed by atoms with Crippen LogP contribution < -0.4 is 16.2 Å². The lowest BCUT2D eigenvalue weighted by atomic mass is 9.76. The molecule has 1 saturated heterocycles. The molecule has 0 aromatic heterocycles. The van der Waals surface area contributed by atoms with Gasteiger partial charge < -0.3 is 5.73 Å². The van der Waals surface area contributed by atoms with Crippen LogP contribution in [0.3, 0.4) is 0 Å². The van der Waals surface area contributed by atoms with Crippen molar-refractivity contribution in [1.29, 1.82) is 0 Å². The van der Waals surface area contributed by atoms with Crippen LogP contribution in [-0.2, 0) is 4.79 Å². The van der Waals surface area contributed by atoms with Crippen molar-refractivity contribution >= 4 is 17.3 Å². The van der Waals surface area contributed by atoms with E-state index in [-0.39, 0.29) is 11.4 Å². The van der Waals surface area contributed by atoms with Gasteiger partial charge in [-0.05, 0) is 43.5 Å². The second-order valence-corrected chi connectivity index (χ2v) is 4.74. The van der Waals surface area contributed by atoms with Crippen molar-refractivity contribution in [3.63, 3.8) is 0 Å². The Kier molecular flexibility index (Phi) is 1.94. The number of nitrogens with one attached hydrogen (secondary N) is 1. The van der Waals surface area contributed by atoms with E-state index in [1.165, 1.54) is 6.42 Å². The number of hydrogen-bond acceptors (Lipinski definition) is 3. The summed E-state index contributed by atoms with van der Waals surface area (Å²) >= 11 is 0. The second-order valence-electron chi connectivity index (χ2n) is 4.74. The maximum absolute atomic E-state index is 11.9. The van der Waals surface area contributed by atoms with Gasteiger partial charge in [-0.1, -0.05) is 0 Å². The molecule has 0 unspecified atom stereocenters. The minimum atomic E-state index is 0.0540. The molecule has 1 aliphatic carbocycles. The van der Waals surface area contributed by atoms with E-state index >= 15 is 0 Å². The Morgan fingerprint density at radius 2 is 1.94 bits per heavy atom. The van der Waals surface area contributed by atoms with E-state index < -0.39 is 0 Å². The normalized spacial score (nSPS) is 22.5. The number of nitrogen functional groups attached to an aromatic ring is 1. The van der Waals surface area contributed by atoms with Crippen LogP contribution in [-0.4, -0.2) is 11.4 Å². The first-order valence-electron chi connectivity index (χ1n) is 5.65. The Hall–Kier alpha value is -1.55. The Labute approximate surface area is 94.4 Å². The fourth-order valence-electron chi connectivity index (χ4n) is 2.43. The number of amides is 1. The number of carbonyl (C=O) groups is 1. The highest BCUT2D eigenvalue weighted by atomic mass is 16.2. The van der Waals surface area contributed by atoms with Gasteiger partial charge in [0.15, 0.2) is 0 Å². The van der Waals surface area contributed by atoms with Crippen molar-refractivity contribution in [2.45, 2.75) is 31.2 Å². The largest absolute Gasteiger partial charge is 0.399 e. The molecule has 0 bridgehead atoms. The van der Waals surface area contributed by atoms with E-state index in [0.29, 0.717) is 12.1 Å². The summed E-state index contributed by atoms with van der Waals surface area (Å²) in [6.07, 6.45) is 4.04. The number of hydrazine groups is 1. The molecule has 1 aliphatic heterocycles. The molecule has 1 spiro atoms. The number of carbonyl (C=O) groups excluding carboxylic acids is 1. The summed E-state index contributed by atoms with van der Waals surface area (Å²) in [6, 6.07) is 7.38. The number of rotatable bonds is 1. The molecule has 1 amide bonds. The van der Waals surface area contributed by atoms with Gasteiger partial charge >= 0.3 is 0 Å². The molecule has 16 heavy (non-hydrogen) atoms. The van der Waals surface area contributed by atoms with E-state index in [1.807, 2.05) is 24.3 Å². The van der Waals surface area contributed by atoms with Gasteiger partial charge in [0.2, 0.25) is 5.91 Å². The zero-order chi connectivity index (χ0) is 11.2. The first-order valence-corrected chi connectivity index (χ1v) is 5.65. The van der Waals surface area contributed by atoms with Crippen LogP contribution in [0.1, 0.15) is 25.7 Å². The summed E-state index contributed by atoms with van der Waals surface area (Å²) in [6.45, 7) is 0. The zero-order valence-electron chi connectivity index (χ0n) is 9.07. The Bertz CT molecular complexity index is 422. The third kappa shape index (κ3) is 1.38. The molecule has 1 saturated carbocycles. The van der Waals surface area contributed by atoms with Crippen LogP contribution in [0.25, 0.3) is 0 Å². The van der Waals surface area contributed by atoms with Crippen LogP contribution >= 0.6 is 0 Å². The molecule has 4 heteroatoms. The smallest absolute Gasteiger partial charge is 0.243 e. The molecule has 3 N–H and O–H groups in total. The number of anilines is 2.